The van der Waals surface area contributed by atoms with Gasteiger partial charge in [-0.2, -0.15) is 5.10 Å². The highest BCUT2D eigenvalue weighted by atomic mass is 79.9. The third-order valence-corrected chi connectivity index (χ3v) is 4.95. The van der Waals surface area contributed by atoms with Crippen molar-refractivity contribution in [3.05, 3.63) is 76.7 Å². The van der Waals surface area contributed by atoms with E-state index in [0.717, 1.165) is 15.6 Å². The fourth-order valence-electron chi connectivity index (χ4n) is 3.26. The number of hydrogen-bond acceptors (Lipinski definition) is 5. The van der Waals surface area contributed by atoms with Gasteiger partial charge in [0.05, 0.1) is 6.21 Å². The van der Waals surface area contributed by atoms with E-state index in [2.05, 4.69) is 71.8 Å². The summed E-state index contributed by atoms with van der Waals surface area (Å²) in [7, 11) is 0. The van der Waals surface area contributed by atoms with Crippen LogP contribution in [-0.2, 0) is 5.54 Å². The predicted molar refractivity (Wildman–Crippen MR) is 98.8 cm³/mol. The average molecular weight is 382 g/mol. The average Bonchev–Trinajstić information content (AvgIpc) is 3.10. The summed E-state index contributed by atoms with van der Waals surface area (Å²) >= 11 is 3.50. The number of hydrazone groups is 1. The highest BCUT2D eigenvalue weighted by Gasteiger charge is 2.47. The SMILES string of the molecule is Brc1ccc(C2NN=CC2(c2ccncc2)N2C=CC=NC2)cc1. The maximum Gasteiger partial charge on any atom is 0.130 e. The third kappa shape index (κ3) is 2.43. The predicted octanol–water partition coefficient (Wildman–Crippen LogP) is 3.23. The summed E-state index contributed by atoms with van der Waals surface area (Å²) in [5.74, 6) is 0. The molecule has 0 radical (unpaired) electrons. The Labute approximate surface area is 148 Å². The molecule has 1 aromatic heterocycles. The lowest BCUT2D eigenvalue weighted by Gasteiger charge is -2.42. The molecule has 1 N–H and O–H groups in total. The normalized spacial score (nSPS) is 25.0. The lowest BCUT2D eigenvalue weighted by atomic mass is 9.80. The summed E-state index contributed by atoms with van der Waals surface area (Å²) in [6.07, 6.45) is 11.5. The molecule has 120 valence electrons. The molecule has 2 aliphatic rings. The Morgan fingerprint density at radius 2 is 1.92 bits per heavy atom. The van der Waals surface area contributed by atoms with E-state index < -0.39 is 5.54 Å². The Kier molecular flexibility index (Phi) is 3.90. The molecule has 0 amide bonds. The van der Waals surface area contributed by atoms with Crippen LogP contribution in [0, 0.1) is 0 Å². The monoisotopic (exact) mass is 381 g/mol. The summed E-state index contributed by atoms with van der Waals surface area (Å²) in [5.41, 5.74) is 5.12. The topological polar surface area (TPSA) is 52.9 Å². The number of allylic oxidation sites excluding steroid dienone is 1. The van der Waals surface area contributed by atoms with Gasteiger partial charge < -0.3 is 4.90 Å². The minimum absolute atomic E-state index is 0.0223. The number of aliphatic imine (C=N–C) groups is 1. The third-order valence-electron chi connectivity index (χ3n) is 4.42. The minimum atomic E-state index is -0.453. The Morgan fingerprint density at radius 1 is 1.12 bits per heavy atom. The number of halogens is 1. The summed E-state index contributed by atoms with van der Waals surface area (Å²) < 4.78 is 1.06. The highest BCUT2D eigenvalue weighted by molar-refractivity contribution is 9.10. The molecule has 0 saturated heterocycles. The molecule has 1 aromatic carbocycles. The van der Waals surface area contributed by atoms with Crippen molar-refractivity contribution in [1.82, 2.24) is 15.3 Å². The smallest absolute Gasteiger partial charge is 0.130 e. The van der Waals surface area contributed by atoms with Crippen molar-refractivity contribution in [2.24, 2.45) is 10.1 Å². The Bertz CT molecular complexity index is 800. The molecule has 2 atom stereocenters. The van der Waals surface area contributed by atoms with Gasteiger partial charge in [0, 0.05) is 29.3 Å². The maximum atomic E-state index is 4.43. The van der Waals surface area contributed by atoms with Crippen LogP contribution in [0.3, 0.4) is 0 Å². The Hall–Kier alpha value is -2.47. The molecule has 0 fully saturated rings. The zero-order valence-electron chi connectivity index (χ0n) is 12.9. The van der Waals surface area contributed by atoms with Crippen molar-refractivity contribution in [3.8, 4) is 0 Å². The van der Waals surface area contributed by atoms with Crippen LogP contribution in [0.5, 0.6) is 0 Å². The van der Waals surface area contributed by atoms with E-state index in [1.165, 1.54) is 0 Å². The fourth-order valence-corrected chi connectivity index (χ4v) is 3.52. The number of benzene rings is 1. The molecule has 2 unspecified atom stereocenters. The van der Waals surface area contributed by atoms with Gasteiger partial charge in [0.1, 0.15) is 18.2 Å². The van der Waals surface area contributed by atoms with E-state index in [1.54, 1.807) is 0 Å². The Morgan fingerprint density at radius 3 is 2.62 bits per heavy atom. The summed E-state index contributed by atoms with van der Waals surface area (Å²) in [6.45, 7) is 0.583. The largest absolute Gasteiger partial charge is 0.341 e. The molecule has 2 aliphatic heterocycles. The molecule has 2 aromatic rings. The number of hydrogen-bond donors (Lipinski definition) is 1. The van der Waals surface area contributed by atoms with Gasteiger partial charge in [-0.1, -0.05) is 28.1 Å². The van der Waals surface area contributed by atoms with Crippen molar-refractivity contribution in [1.29, 1.82) is 0 Å². The molecule has 0 bridgehead atoms. The molecule has 3 heterocycles. The second kappa shape index (κ2) is 6.20. The van der Waals surface area contributed by atoms with Crippen molar-refractivity contribution < 1.29 is 0 Å². The van der Waals surface area contributed by atoms with Gasteiger partial charge in [-0.05, 0) is 41.5 Å². The highest BCUT2D eigenvalue weighted by Crippen LogP contribution is 2.42. The lowest BCUT2D eigenvalue weighted by Crippen LogP contribution is -2.49. The van der Waals surface area contributed by atoms with Crippen molar-refractivity contribution in [3.63, 3.8) is 0 Å². The van der Waals surface area contributed by atoms with Gasteiger partial charge in [-0.15, -0.1) is 0 Å². The summed E-state index contributed by atoms with van der Waals surface area (Å²) in [5, 5.41) is 4.43. The molecule has 0 aliphatic carbocycles. The first-order valence-corrected chi connectivity index (χ1v) is 8.49. The van der Waals surface area contributed by atoms with E-state index in [1.807, 2.05) is 43.0 Å². The van der Waals surface area contributed by atoms with Crippen molar-refractivity contribution >= 4 is 28.4 Å². The van der Waals surface area contributed by atoms with Crippen LogP contribution in [0.25, 0.3) is 0 Å². The molecule has 4 rings (SSSR count). The molecule has 0 saturated carbocycles. The van der Waals surface area contributed by atoms with E-state index in [0.29, 0.717) is 6.67 Å². The van der Waals surface area contributed by atoms with E-state index >= 15 is 0 Å². The maximum absolute atomic E-state index is 4.43. The number of nitrogens with zero attached hydrogens (tertiary/aromatic N) is 4. The van der Waals surface area contributed by atoms with Crippen LogP contribution in [0.15, 0.2) is 75.6 Å². The molecule has 5 nitrogen and oxygen atoms in total. The molecular weight excluding hydrogens is 366 g/mol. The zero-order valence-corrected chi connectivity index (χ0v) is 14.5. The van der Waals surface area contributed by atoms with Crippen LogP contribution in [0.2, 0.25) is 0 Å². The van der Waals surface area contributed by atoms with Gasteiger partial charge in [0.2, 0.25) is 0 Å². The van der Waals surface area contributed by atoms with Crippen LogP contribution >= 0.6 is 15.9 Å². The quantitative estimate of drug-likeness (QED) is 0.887. The number of nitrogens with one attached hydrogen (secondary N) is 1. The summed E-state index contributed by atoms with van der Waals surface area (Å²) in [6, 6.07) is 12.4. The second-order valence-corrected chi connectivity index (χ2v) is 6.63. The molecule has 6 heteroatoms. The molecule has 24 heavy (non-hydrogen) atoms. The van der Waals surface area contributed by atoms with Crippen LogP contribution in [-0.4, -0.2) is 29.0 Å². The lowest BCUT2D eigenvalue weighted by molar-refractivity contribution is 0.186. The van der Waals surface area contributed by atoms with Crippen molar-refractivity contribution in [2.75, 3.05) is 6.67 Å². The van der Waals surface area contributed by atoms with Gasteiger partial charge in [-0.25, -0.2) is 0 Å². The Balaban J connectivity index is 1.85. The van der Waals surface area contributed by atoms with Crippen molar-refractivity contribution in [2.45, 2.75) is 11.6 Å². The van der Waals surface area contributed by atoms with Gasteiger partial charge in [-0.3, -0.25) is 15.4 Å². The van der Waals surface area contributed by atoms with Gasteiger partial charge in [0.25, 0.3) is 0 Å². The standard InChI is InChI=1S/C18H16BrN5/c19-16-4-2-14(3-5-16)17-18(12-22-23-17,15-6-9-20-10-7-15)24-11-1-8-21-13-24/h1-12,17,23H,13H2. The van der Waals surface area contributed by atoms with Gasteiger partial charge >= 0.3 is 0 Å². The van der Waals surface area contributed by atoms with E-state index in [-0.39, 0.29) is 6.04 Å². The molecule has 0 spiro atoms. The molecular formula is C18H16BrN5. The second-order valence-electron chi connectivity index (χ2n) is 5.72. The minimum Gasteiger partial charge on any atom is -0.341 e. The summed E-state index contributed by atoms with van der Waals surface area (Å²) in [4.78, 5) is 10.8. The van der Waals surface area contributed by atoms with E-state index in [4.69, 9.17) is 0 Å². The first kappa shape index (κ1) is 15.1. The van der Waals surface area contributed by atoms with Gasteiger partial charge in [0.15, 0.2) is 0 Å². The fraction of sp³-hybridized carbons (Fsp3) is 0.167. The number of rotatable bonds is 3. The van der Waals surface area contributed by atoms with Crippen LogP contribution < -0.4 is 5.43 Å². The first-order valence-electron chi connectivity index (χ1n) is 7.70. The zero-order chi connectivity index (χ0) is 16.4. The van der Waals surface area contributed by atoms with Crippen LogP contribution in [0.1, 0.15) is 17.2 Å². The van der Waals surface area contributed by atoms with E-state index in [9.17, 15) is 0 Å². The van der Waals surface area contributed by atoms with Crippen LogP contribution in [0.4, 0.5) is 0 Å². The number of pyridine rings is 1. The first-order chi connectivity index (χ1) is 11.8. The number of aromatic nitrogens is 1.